The molecule has 0 N–H and O–H groups in total. The number of nitriles is 1. The molecule has 2 atom stereocenters. The third-order valence-corrected chi connectivity index (χ3v) is 2.53. The molecular formula is C6H11NO2S. The summed E-state index contributed by atoms with van der Waals surface area (Å²) in [6, 6.07) is 1.92. The topological polar surface area (TPSA) is 50.1 Å². The number of ether oxygens (including phenoxy) is 1. The maximum atomic E-state index is 10.9. The number of hydrogen-bond donors (Lipinski definition) is 0. The highest BCUT2D eigenvalue weighted by Gasteiger charge is 2.07. The Kier molecular flexibility index (Phi) is 5.17. The highest BCUT2D eigenvalue weighted by molar-refractivity contribution is 7.85. The molecule has 0 saturated carbocycles. The second-order valence-electron chi connectivity index (χ2n) is 1.85. The number of hydrogen-bond acceptors (Lipinski definition) is 3. The fraction of sp³-hybridized carbons (Fsp3) is 0.833. The van der Waals surface area contributed by atoms with Crippen molar-refractivity contribution >= 4 is 10.8 Å². The lowest BCUT2D eigenvalue weighted by Crippen LogP contribution is -2.14. The van der Waals surface area contributed by atoms with Gasteiger partial charge in [0, 0.05) is 23.7 Å². The minimum Gasteiger partial charge on any atom is -0.384 e. The first-order chi connectivity index (χ1) is 4.72. The average molecular weight is 161 g/mol. The summed E-state index contributed by atoms with van der Waals surface area (Å²) in [5.74, 6) is 0.450. The third-order valence-electron chi connectivity index (χ3n) is 1.06. The van der Waals surface area contributed by atoms with Crippen LogP contribution in [0, 0.1) is 11.3 Å². The first-order valence-electron chi connectivity index (χ1n) is 2.98. The van der Waals surface area contributed by atoms with Gasteiger partial charge in [-0.15, -0.1) is 0 Å². The van der Waals surface area contributed by atoms with E-state index in [1.807, 2.05) is 6.07 Å². The molecule has 0 fully saturated rings. The van der Waals surface area contributed by atoms with Gasteiger partial charge in [-0.25, -0.2) is 0 Å². The largest absolute Gasteiger partial charge is 0.384 e. The summed E-state index contributed by atoms with van der Waals surface area (Å²) in [4.78, 5) is 0. The zero-order chi connectivity index (χ0) is 7.98. The van der Waals surface area contributed by atoms with Crippen LogP contribution in [-0.4, -0.2) is 28.9 Å². The van der Waals surface area contributed by atoms with E-state index in [0.717, 1.165) is 0 Å². The molecule has 0 aromatic heterocycles. The molecule has 2 unspecified atom stereocenters. The van der Waals surface area contributed by atoms with Crippen LogP contribution in [0.3, 0.4) is 0 Å². The molecule has 0 aromatic carbocycles. The van der Waals surface area contributed by atoms with Gasteiger partial charge >= 0.3 is 0 Å². The molecule has 0 spiro atoms. The van der Waals surface area contributed by atoms with E-state index in [9.17, 15) is 4.21 Å². The Hall–Kier alpha value is -0.400. The second kappa shape index (κ2) is 5.39. The van der Waals surface area contributed by atoms with Crippen molar-refractivity contribution in [3.8, 4) is 6.07 Å². The van der Waals surface area contributed by atoms with Crippen molar-refractivity contribution in [2.24, 2.45) is 0 Å². The molecular weight excluding hydrogens is 150 g/mol. The normalized spacial score (nSPS) is 15.7. The van der Waals surface area contributed by atoms with Crippen LogP contribution in [-0.2, 0) is 15.5 Å². The Balaban J connectivity index is 3.54. The summed E-state index contributed by atoms with van der Waals surface area (Å²) < 4.78 is 15.6. The lowest BCUT2D eigenvalue weighted by Gasteiger charge is -2.00. The van der Waals surface area contributed by atoms with Gasteiger partial charge in [-0.2, -0.15) is 5.26 Å². The molecule has 0 saturated heterocycles. The third kappa shape index (κ3) is 3.59. The lowest BCUT2D eigenvalue weighted by molar-refractivity contribution is 0.218. The van der Waals surface area contributed by atoms with Crippen LogP contribution in [0.2, 0.25) is 0 Å². The molecule has 0 aliphatic carbocycles. The van der Waals surface area contributed by atoms with Gasteiger partial charge in [-0.1, -0.05) is 0 Å². The number of methoxy groups -OCH3 is 1. The predicted molar refractivity (Wildman–Crippen MR) is 40.0 cm³/mol. The van der Waals surface area contributed by atoms with Gasteiger partial charge in [-0.3, -0.25) is 4.21 Å². The van der Waals surface area contributed by atoms with Crippen molar-refractivity contribution < 1.29 is 8.95 Å². The van der Waals surface area contributed by atoms with E-state index in [0.29, 0.717) is 12.4 Å². The summed E-state index contributed by atoms with van der Waals surface area (Å²) in [6.45, 7) is 2.10. The predicted octanol–water partition coefficient (Wildman–Crippen LogP) is 0.294. The highest BCUT2D eigenvalue weighted by atomic mass is 32.2. The Labute approximate surface area is 63.4 Å². The van der Waals surface area contributed by atoms with Crippen molar-refractivity contribution in [2.45, 2.75) is 12.2 Å². The van der Waals surface area contributed by atoms with Gasteiger partial charge in [0.05, 0.1) is 12.7 Å². The Morgan fingerprint density at radius 1 is 1.80 bits per heavy atom. The molecule has 0 rings (SSSR count). The van der Waals surface area contributed by atoms with Gasteiger partial charge in [0.25, 0.3) is 0 Å². The summed E-state index contributed by atoms with van der Waals surface area (Å²) in [6.07, 6.45) is 0. The van der Waals surface area contributed by atoms with Crippen LogP contribution in [0.25, 0.3) is 0 Å². The van der Waals surface area contributed by atoms with E-state index < -0.39 is 10.8 Å². The Morgan fingerprint density at radius 3 is 2.80 bits per heavy atom. The molecule has 0 amide bonds. The van der Waals surface area contributed by atoms with Gasteiger partial charge in [0.2, 0.25) is 0 Å². The molecule has 58 valence electrons. The summed E-state index contributed by atoms with van der Waals surface area (Å²) in [5.41, 5.74) is 0. The average Bonchev–Trinajstić information content (AvgIpc) is 1.98. The van der Waals surface area contributed by atoms with Crippen LogP contribution in [0.5, 0.6) is 0 Å². The molecule has 0 radical (unpaired) electrons. The van der Waals surface area contributed by atoms with Crippen LogP contribution >= 0.6 is 0 Å². The van der Waals surface area contributed by atoms with Crippen molar-refractivity contribution in [3.63, 3.8) is 0 Å². The van der Waals surface area contributed by atoms with E-state index in [2.05, 4.69) is 0 Å². The molecule has 0 aromatic rings. The standard InChI is InChI=1S/C6H11NO2S/c1-6(5-7)10(8)4-3-9-2/h6H,3-4H2,1-2H3. The highest BCUT2D eigenvalue weighted by Crippen LogP contribution is 1.93. The molecule has 0 bridgehead atoms. The van der Waals surface area contributed by atoms with Crippen molar-refractivity contribution in [2.75, 3.05) is 19.5 Å². The van der Waals surface area contributed by atoms with Crippen LogP contribution < -0.4 is 0 Å². The van der Waals surface area contributed by atoms with Crippen LogP contribution in [0.15, 0.2) is 0 Å². The van der Waals surface area contributed by atoms with Crippen molar-refractivity contribution in [1.82, 2.24) is 0 Å². The van der Waals surface area contributed by atoms with Gasteiger partial charge in [0.1, 0.15) is 5.25 Å². The molecule has 10 heavy (non-hydrogen) atoms. The van der Waals surface area contributed by atoms with Crippen LogP contribution in [0.1, 0.15) is 6.92 Å². The molecule has 0 aliphatic rings. The van der Waals surface area contributed by atoms with Gasteiger partial charge in [0.15, 0.2) is 0 Å². The first-order valence-corrected chi connectivity index (χ1v) is 4.36. The fourth-order valence-corrected chi connectivity index (χ4v) is 1.20. The maximum Gasteiger partial charge on any atom is 0.119 e. The van der Waals surface area contributed by atoms with Crippen molar-refractivity contribution in [3.05, 3.63) is 0 Å². The smallest absolute Gasteiger partial charge is 0.119 e. The molecule has 0 heterocycles. The summed E-state index contributed by atoms with van der Waals surface area (Å²) in [7, 11) is 0.499. The maximum absolute atomic E-state index is 10.9. The molecule has 0 aliphatic heterocycles. The summed E-state index contributed by atoms with van der Waals surface area (Å²) >= 11 is 0. The van der Waals surface area contributed by atoms with Crippen LogP contribution in [0.4, 0.5) is 0 Å². The SMILES string of the molecule is COCCS(=O)C(C)C#N. The Morgan fingerprint density at radius 2 is 2.40 bits per heavy atom. The van der Waals surface area contributed by atoms with E-state index in [1.165, 1.54) is 0 Å². The second-order valence-corrected chi connectivity index (χ2v) is 3.73. The summed E-state index contributed by atoms with van der Waals surface area (Å²) in [5, 5.41) is 7.94. The van der Waals surface area contributed by atoms with E-state index in [-0.39, 0.29) is 5.25 Å². The van der Waals surface area contributed by atoms with E-state index in [4.69, 9.17) is 10.00 Å². The zero-order valence-corrected chi connectivity index (χ0v) is 6.98. The minimum absolute atomic E-state index is 0.379. The molecule has 4 heteroatoms. The minimum atomic E-state index is -1.05. The van der Waals surface area contributed by atoms with Crippen molar-refractivity contribution in [1.29, 1.82) is 5.26 Å². The monoisotopic (exact) mass is 161 g/mol. The zero-order valence-electron chi connectivity index (χ0n) is 6.16. The lowest BCUT2D eigenvalue weighted by atomic mass is 10.5. The Bertz CT molecular complexity index is 152. The quantitative estimate of drug-likeness (QED) is 0.595. The fourth-order valence-electron chi connectivity index (χ4n) is 0.401. The number of rotatable bonds is 4. The first kappa shape index (κ1) is 9.60. The molecule has 3 nitrogen and oxygen atoms in total. The van der Waals surface area contributed by atoms with Gasteiger partial charge < -0.3 is 4.74 Å². The number of nitrogens with zero attached hydrogens (tertiary/aromatic N) is 1. The van der Waals surface area contributed by atoms with E-state index >= 15 is 0 Å². The van der Waals surface area contributed by atoms with Gasteiger partial charge in [-0.05, 0) is 6.92 Å². The van der Waals surface area contributed by atoms with E-state index in [1.54, 1.807) is 14.0 Å².